The zero-order valence-electron chi connectivity index (χ0n) is 18.1. The molecule has 1 aromatic heterocycles. The number of benzene rings is 3. The van der Waals surface area contributed by atoms with Crippen molar-refractivity contribution in [1.82, 2.24) is 10.3 Å². The topological polar surface area (TPSA) is 42.0 Å². The van der Waals surface area contributed by atoms with E-state index < -0.39 is 0 Å². The second-order valence-corrected chi connectivity index (χ2v) is 8.02. The molecular formula is C28H26N2O. The molecule has 0 bridgehead atoms. The summed E-state index contributed by atoms with van der Waals surface area (Å²) in [5.41, 5.74) is 9.25. The van der Waals surface area contributed by atoms with Gasteiger partial charge in [-0.2, -0.15) is 0 Å². The fourth-order valence-corrected chi connectivity index (χ4v) is 3.47. The minimum absolute atomic E-state index is 0.0945. The number of hydrogen-bond acceptors (Lipinski definition) is 2. The Morgan fingerprint density at radius 1 is 0.710 bits per heavy atom. The first-order chi connectivity index (χ1) is 15.0. The number of aryl methyl sites for hydroxylation is 3. The molecule has 0 fully saturated rings. The summed E-state index contributed by atoms with van der Waals surface area (Å²) in [7, 11) is 0. The van der Waals surface area contributed by atoms with Gasteiger partial charge in [-0.1, -0.05) is 65.7 Å². The van der Waals surface area contributed by atoms with Gasteiger partial charge in [-0.3, -0.25) is 9.78 Å². The van der Waals surface area contributed by atoms with Gasteiger partial charge in [0.05, 0.1) is 0 Å². The average molecular weight is 407 g/mol. The largest absolute Gasteiger partial charge is 0.348 e. The summed E-state index contributed by atoms with van der Waals surface area (Å²) in [5, 5.41) is 3.03. The molecular weight excluding hydrogens is 380 g/mol. The number of hydrogen-bond donors (Lipinski definition) is 1. The fourth-order valence-electron chi connectivity index (χ4n) is 3.47. The van der Waals surface area contributed by atoms with Gasteiger partial charge in [-0.25, -0.2) is 0 Å². The molecule has 1 heterocycles. The molecule has 3 nitrogen and oxygen atoms in total. The van der Waals surface area contributed by atoms with Crippen LogP contribution in [0.3, 0.4) is 0 Å². The normalized spacial score (nSPS) is 10.7. The van der Waals surface area contributed by atoms with Crippen molar-refractivity contribution in [2.24, 2.45) is 0 Å². The first kappa shape index (κ1) is 20.5. The van der Waals surface area contributed by atoms with Crippen LogP contribution in [0.4, 0.5) is 0 Å². The van der Waals surface area contributed by atoms with Crippen LogP contribution in [0.25, 0.3) is 22.3 Å². The number of amides is 1. The Kier molecular flexibility index (Phi) is 5.94. The van der Waals surface area contributed by atoms with Crippen LogP contribution < -0.4 is 5.32 Å². The lowest BCUT2D eigenvalue weighted by Gasteiger charge is -2.12. The number of carbonyl (C=O) groups is 1. The van der Waals surface area contributed by atoms with E-state index in [-0.39, 0.29) is 5.91 Å². The number of nitrogens with one attached hydrogen (secondary N) is 1. The maximum Gasteiger partial charge on any atom is 0.251 e. The Balaban J connectivity index is 1.68. The van der Waals surface area contributed by atoms with Gasteiger partial charge in [0.1, 0.15) is 0 Å². The third-order valence-corrected chi connectivity index (χ3v) is 5.39. The molecule has 0 atom stereocenters. The van der Waals surface area contributed by atoms with Crippen LogP contribution in [0.15, 0.2) is 85.1 Å². The van der Waals surface area contributed by atoms with Crippen molar-refractivity contribution in [2.45, 2.75) is 27.3 Å². The standard InChI is InChI=1S/C28H26N2O/c1-19-4-10-23(11-5-19)25-14-26(24-12-6-20(2)7-13-24)16-27(15-25)28(31)30-18-22-9-8-21(3)29-17-22/h4-17H,18H2,1-3H3,(H,30,31). The molecule has 3 aromatic carbocycles. The minimum Gasteiger partial charge on any atom is -0.348 e. The smallest absolute Gasteiger partial charge is 0.251 e. The highest BCUT2D eigenvalue weighted by molar-refractivity contribution is 5.97. The summed E-state index contributed by atoms with van der Waals surface area (Å²) in [4.78, 5) is 17.3. The van der Waals surface area contributed by atoms with Gasteiger partial charge in [0.15, 0.2) is 0 Å². The van der Waals surface area contributed by atoms with E-state index in [0.717, 1.165) is 33.5 Å². The first-order valence-electron chi connectivity index (χ1n) is 10.5. The maximum atomic E-state index is 13.0. The number of nitrogens with zero attached hydrogens (tertiary/aromatic N) is 1. The average Bonchev–Trinajstić information content (AvgIpc) is 2.79. The zero-order valence-corrected chi connectivity index (χ0v) is 18.1. The molecule has 154 valence electrons. The van der Waals surface area contributed by atoms with Crippen molar-refractivity contribution >= 4 is 5.91 Å². The third-order valence-electron chi connectivity index (χ3n) is 5.39. The number of carbonyl (C=O) groups excluding carboxylic acids is 1. The van der Waals surface area contributed by atoms with Crippen molar-refractivity contribution in [3.63, 3.8) is 0 Å². The van der Waals surface area contributed by atoms with Crippen molar-refractivity contribution < 1.29 is 4.79 Å². The van der Waals surface area contributed by atoms with Crippen molar-refractivity contribution in [1.29, 1.82) is 0 Å². The molecule has 0 aliphatic rings. The van der Waals surface area contributed by atoms with Gasteiger partial charge in [0.2, 0.25) is 0 Å². The lowest BCUT2D eigenvalue weighted by atomic mass is 9.95. The summed E-state index contributed by atoms with van der Waals surface area (Å²) in [6, 6.07) is 26.8. The van der Waals surface area contributed by atoms with E-state index in [0.29, 0.717) is 12.1 Å². The van der Waals surface area contributed by atoms with Gasteiger partial charge in [-0.15, -0.1) is 0 Å². The minimum atomic E-state index is -0.0945. The molecule has 1 amide bonds. The molecule has 31 heavy (non-hydrogen) atoms. The van der Waals surface area contributed by atoms with Crippen LogP contribution in [0.2, 0.25) is 0 Å². The van der Waals surface area contributed by atoms with Crippen molar-refractivity contribution in [2.75, 3.05) is 0 Å². The Morgan fingerprint density at radius 3 is 1.74 bits per heavy atom. The molecule has 0 unspecified atom stereocenters. The predicted molar refractivity (Wildman–Crippen MR) is 127 cm³/mol. The molecule has 4 rings (SSSR count). The molecule has 4 aromatic rings. The van der Waals surface area contributed by atoms with Crippen LogP contribution in [0.1, 0.15) is 32.7 Å². The van der Waals surface area contributed by atoms with E-state index in [4.69, 9.17) is 0 Å². The fraction of sp³-hybridized carbons (Fsp3) is 0.143. The van der Waals surface area contributed by atoms with Gasteiger partial charge >= 0.3 is 0 Å². The SMILES string of the molecule is Cc1ccc(-c2cc(C(=O)NCc3ccc(C)nc3)cc(-c3ccc(C)cc3)c2)cc1. The van der Waals surface area contributed by atoms with Crippen LogP contribution in [0.5, 0.6) is 0 Å². The van der Waals surface area contributed by atoms with Crippen LogP contribution in [-0.4, -0.2) is 10.9 Å². The molecule has 0 radical (unpaired) electrons. The highest BCUT2D eigenvalue weighted by Crippen LogP contribution is 2.29. The molecule has 3 heteroatoms. The Labute approximate surface area is 183 Å². The molecule has 0 aliphatic heterocycles. The van der Waals surface area contributed by atoms with Gasteiger partial charge in [0.25, 0.3) is 5.91 Å². The van der Waals surface area contributed by atoms with E-state index in [1.807, 2.05) is 31.2 Å². The number of rotatable bonds is 5. The van der Waals surface area contributed by atoms with E-state index in [9.17, 15) is 4.79 Å². The van der Waals surface area contributed by atoms with Crippen molar-refractivity contribution in [3.05, 3.63) is 113 Å². The Bertz CT molecular complexity index is 1130. The Hall–Kier alpha value is -3.72. The van der Waals surface area contributed by atoms with E-state index in [1.165, 1.54) is 11.1 Å². The highest BCUT2D eigenvalue weighted by Gasteiger charge is 2.11. The summed E-state index contributed by atoms with van der Waals surface area (Å²) >= 11 is 0. The summed E-state index contributed by atoms with van der Waals surface area (Å²) in [6.07, 6.45) is 1.80. The number of aromatic nitrogens is 1. The van der Waals surface area contributed by atoms with E-state index >= 15 is 0 Å². The Morgan fingerprint density at radius 2 is 1.26 bits per heavy atom. The van der Waals surface area contributed by atoms with Crippen LogP contribution in [-0.2, 0) is 6.54 Å². The lowest BCUT2D eigenvalue weighted by Crippen LogP contribution is -2.23. The predicted octanol–water partition coefficient (Wildman–Crippen LogP) is 6.27. The lowest BCUT2D eigenvalue weighted by molar-refractivity contribution is 0.0951. The summed E-state index contributed by atoms with van der Waals surface area (Å²) in [6.45, 7) is 6.54. The van der Waals surface area contributed by atoms with E-state index in [2.05, 4.69) is 78.7 Å². The molecule has 0 saturated carbocycles. The molecule has 0 spiro atoms. The van der Waals surface area contributed by atoms with Gasteiger partial charge < -0.3 is 5.32 Å². The summed E-state index contributed by atoms with van der Waals surface area (Å²) in [5.74, 6) is -0.0945. The monoisotopic (exact) mass is 406 g/mol. The molecule has 0 aliphatic carbocycles. The number of pyridine rings is 1. The van der Waals surface area contributed by atoms with Gasteiger partial charge in [0, 0.05) is 24.0 Å². The van der Waals surface area contributed by atoms with Gasteiger partial charge in [-0.05, 0) is 72.9 Å². The quantitative estimate of drug-likeness (QED) is 0.424. The molecule has 1 N–H and O–H groups in total. The zero-order chi connectivity index (χ0) is 21.8. The van der Waals surface area contributed by atoms with Crippen LogP contribution in [0, 0.1) is 20.8 Å². The molecule has 0 saturated heterocycles. The third kappa shape index (κ3) is 5.07. The second kappa shape index (κ2) is 8.97. The van der Waals surface area contributed by atoms with E-state index in [1.54, 1.807) is 6.20 Å². The first-order valence-corrected chi connectivity index (χ1v) is 10.5. The van der Waals surface area contributed by atoms with Crippen LogP contribution >= 0.6 is 0 Å². The summed E-state index contributed by atoms with van der Waals surface area (Å²) < 4.78 is 0. The highest BCUT2D eigenvalue weighted by atomic mass is 16.1. The second-order valence-electron chi connectivity index (χ2n) is 8.02. The van der Waals surface area contributed by atoms with Crippen molar-refractivity contribution in [3.8, 4) is 22.3 Å². The maximum absolute atomic E-state index is 13.0.